The van der Waals surface area contributed by atoms with Crippen molar-refractivity contribution in [2.24, 2.45) is 5.92 Å². The van der Waals surface area contributed by atoms with E-state index in [1.807, 2.05) is 13.8 Å². The second-order valence-corrected chi connectivity index (χ2v) is 6.56. The lowest BCUT2D eigenvalue weighted by atomic mass is 10.0. The highest BCUT2D eigenvalue weighted by molar-refractivity contribution is 7.89. The van der Waals surface area contributed by atoms with Gasteiger partial charge in [-0.1, -0.05) is 19.0 Å². The summed E-state index contributed by atoms with van der Waals surface area (Å²) in [4.78, 5) is 11.8. The molecule has 8 heteroatoms. The lowest BCUT2D eigenvalue weighted by molar-refractivity contribution is -0.125. The minimum Gasteiger partial charge on any atom is -0.360 e. The summed E-state index contributed by atoms with van der Waals surface area (Å²) in [5, 5.41) is 6.35. The summed E-state index contributed by atoms with van der Waals surface area (Å²) in [6, 6.07) is 0. The summed E-state index contributed by atoms with van der Waals surface area (Å²) in [5.41, 5.74) is 0.320. The maximum absolute atomic E-state index is 12.1. The van der Waals surface area contributed by atoms with Crippen LogP contribution in [0.1, 0.15) is 38.1 Å². The molecule has 0 aliphatic carbocycles. The van der Waals surface area contributed by atoms with Crippen LogP contribution in [0.2, 0.25) is 0 Å². The Kier molecular flexibility index (Phi) is 6.35. The number of sulfonamides is 1. The maximum atomic E-state index is 12.1. The van der Waals surface area contributed by atoms with Gasteiger partial charge in [-0.15, -0.1) is 0 Å². The first-order chi connectivity index (χ1) is 9.83. The Balaban J connectivity index is 2.51. The highest BCUT2D eigenvalue weighted by atomic mass is 32.2. The number of hydrogen-bond donors (Lipinski definition) is 2. The molecule has 1 heterocycles. The van der Waals surface area contributed by atoms with Crippen LogP contribution in [0.5, 0.6) is 0 Å². The lowest BCUT2D eigenvalue weighted by Gasteiger charge is -2.13. The van der Waals surface area contributed by atoms with E-state index in [0.29, 0.717) is 5.69 Å². The maximum Gasteiger partial charge on any atom is 0.246 e. The fraction of sp³-hybridized carbons (Fsp3) is 0.692. The molecule has 0 aromatic carbocycles. The molecule has 0 radical (unpaired) electrons. The van der Waals surface area contributed by atoms with Crippen molar-refractivity contribution >= 4 is 15.9 Å². The molecule has 120 valence electrons. The van der Waals surface area contributed by atoms with Gasteiger partial charge in [0.25, 0.3) is 0 Å². The zero-order chi connectivity index (χ0) is 16.0. The SMILES string of the molecule is CCC(CC)C(=O)NCCNS(=O)(=O)c1c(C)noc1C. The van der Waals surface area contributed by atoms with Crippen molar-refractivity contribution in [3.05, 3.63) is 11.5 Å². The van der Waals surface area contributed by atoms with Gasteiger partial charge in [0, 0.05) is 19.0 Å². The van der Waals surface area contributed by atoms with E-state index >= 15 is 0 Å². The molecular formula is C13H23N3O4S. The van der Waals surface area contributed by atoms with E-state index in [0.717, 1.165) is 12.8 Å². The number of amides is 1. The Labute approximate surface area is 125 Å². The predicted octanol–water partition coefficient (Wildman–Crippen LogP) is 1.12. The van der Waals surface area contributed by atoms with Crippen molar-refractivity contribution in [1.82, 2.24) is 15.2 Å². The van der Waals surface area contributed by atoms with Crippen LogP contribution in [-0.4, -0.2) is 32.6 Å². The van der Waals surface area contributed by atoms with E-state index < -0.39 is 10.0 Å². The molecule has 1 aromatic rings. The summed E-state index contributed by atoms with van der Waals surface area (Å²) < 4.78 is 31.5. The largest absolute Gasteiger partial charge is 0.360 e. The van der Waals surface area contributed by atoms with Crippen LogP contribution in [0.25, 0.3) is 0 Å². The lowest BCUT2D eigenvalue weighted by Crippen LogP contribution is -2.37. The van der Waals surface area contributed by atoms with Crippen molar-refractivity contribution in [3.8, 4) is 0 Å². The Hall–Kier alpha value is -1.41. The van der Waals surface area contributed by atoms with Gasteiger partial charge < -0.3 is 9.84 Å². The number of aryl methyl sites for hydroxylation is 2. The third-order valence-corrected chi connectivity index (χ3v) is 5.01. The number of carbonyl (C=O) groups is 1. The number of nitrogens with one attached hydrogen (secondary N) is 2. The van der Waals surface area contributed by atoms with E-state index in [1.165, 1.54) is 0 Å². The van der Waals surface area contributed by atoms with Gasteiger partial charge in [-0.2, -0.15) is 0 Å². The first kappa shape index (κ1) is 17.6. The quantitative estimate of drug-likeness (QED) is 0.700. The first-order valence-corrected chi connectivity index (χ1v) is 8.52. The van der Waals surface area contributed by atoms with Crippen molar-refractivity contribution in [1.29, 1.82) is 0 Å². The number of rotatable bonds is 8. The van der Waals surface area contributed by atoms with Crippen molar-refractivity contribution < 1.29 is 17.7 Å². The van der Waals surface area contributed by atoms with Crippen LogP contribution in [0.3, 0.4) is 0 Å². The fourth-order valence-electron chi connectivity index (χ4n) is 2.11. The van der Waals surface area contributed by atoms with Gasteiger partial charge in [0.05, 0.1) is 0 Å². The molecule has 21 heavy (non-hydrogen) atoms. The number of carbonyl (C=O) groups excluding carboxylic acids is 1. The van der Waals surface area contributed by atoms with Gasteiger partial charge in [0.1, 0.15) is 10.6 Å². The third kappa shape index (κ3) is 4.53. The molecule has 1 amide bonds. The Morgan fingerprint density at radius 3 is 2.33 bits per heavy atom. The highest BCUT2D eigenvalue weighted by Gasteiger charge is 2.23. The van der Waals surface area contributed by atoms with Gasteiger partial charge in [0.15, 0.2) is 5.76 Å². The molecule has 0 atom stereocenters. The standard InChI is InChI=1S/C13H23N3O4S/c1-5-11(6-2)13(17)14-7-8-15-21(18,19)12-9(3)16-20-10(12)4/h11,15H,5-8H2,1-4H3,(H,14,17). The normalized spacial score (nSPS) is 11.9. The third-order valence-electron chi connectivity index (χ3n) is 3.31. The number of aromatic nitrogens is 1. The monoisotopic (exact) mass is 317 g/mol. The molecule has 0 spiro atoms. The van der Waals surface area contributed by atoms with Crippen LogP contribution < -0.4 is 10.0 Å². The summed E-state index contributed by atoms with van der Waals surface area (Å²) in [6.45, 7) is 7.39. The molecule has 0 aliphatic heterocycles. The van der Waals surface area contributed by atoms with E-state index in [2.05, 4.69) is 15.2 Å². The summed E-state index contributed by atoms with van der Waals surface area (Å²) >= 11 is 0. The molecule has 0 saturated carbocycles. The van der Waals surface area contributed by atoms with Gasteiger partial charge in [0.2, 0.25) is 15.9 Å². The van der Waals surface area contributed by atoms with Crippen molar-refractivity contribution in [2.45, 2.75) is 45.4 Å². The van der Waals surface area contributed by atoms with Gasteiger partial charge in [-0.05, 0) is 26.7 Å². The summed E-state index contributed by atoms with van der Waals surface area (Å²) in [6.07, 6.45) is 1.54. The van der Waals surface area contributed by atoms with Crippen LogP contribution in [0.15, 0.2) is 9.42 Å². The zero-order valence-electron chi connectivity index (χ0n) is 12.9. The fourth-order valence-corrected chi connectivity index (χ4v) is 3.46. The molecule has 2 N–H and O–H groups in total. The molecule has 1 aromatic heterocycles. The van der Waals surface area contributed by atoms with Crippen LogP contribution in [0.4, 0.5) is 0 Å². The smallest absolute Gasteiger partial charge is 0.246 e. The molecule has 0 unspecified atom stereocenters. The number of hydrogen-bond acceptors (Lipinski definition) is 5. The predicted molar refractivity (Wildman–Crippen MR) is 78.2 cm³/mol. The Morgan fingerprint density at radius 1 is 1.24 bits per heavy atom. The molecule has 1 rings (SSSR count). The van der Waals surface area contributed by atoms with Crippen LogP contribution >= 0.6 is 0 Å². The molecule has 0 aliphatic rings. The van der Waals surface area contributed by atoms with Crippen molar-refractivity contribution in [2.75, 3.05) is 13.1 Å². The first-order valence-electron chi connectivity index (χ1n) is 7.03. The van der Waals surface area contributed by atoms with Gasteiger partial charge in [-0.3, -0.25) is 4.79 Å². The zero-order valence-corrected chi connectivity index (χ0v) is 13.7. The van der Waals surface area contributed by atoms with Gasteiger partial charge in [-0.25, -0.2) is 13.1 Å². The molecular weight excluding hydrogens is 294 g/mol. The number of nitrogens with zero attached hydrogens (tertiary/aromatic N) is 1. The molecule has 7 nitrogen and oxygen atoms in total. The average molecular weight is 317 g/mol. The van der Waals surface area contributed by atoms with E-state index in [4.69, 9.17) is 4.52 Å². The topological polar surface area (TPSA) is 101 Å². The van der Waals surface area contributed by atoms with Crippen LogP contribution in [-0.2, 0) is 14.8 Å². The minimum absolute atomic E-state index is 0.0239. The highest BCUT2D eigenvalue weighted by Crippen LogP contribution is 2.18. The molecule has 0 saturated heterocycles. The average Bonchev–Trinajstić information content (AvgIpc) is 2.76. The molecule has 0 fully saturated rings. The summed E-state index contributed by atoms with van der Waals surface area (Å²) in [5.74, 6) is 0.182. The Morgan fingerprint density at radius 2 is 1.86 bits per heavy atom. The van der Waals surface area contributed by atoms with E-state index in [-0.39, 0.29) is 35.6 Å². The molecule has 0 bridgehead atoms. The Bertz CT molecular complexity index is 557. The van der Waals surface area contributed by atoms with Crippen molar-refractivity contribution in [3.63, 3.8) is 0 Å². The second-order valence-electron chi connectivity index (χ2n) is 4.86. The van der Waals surface area contributed by atoms with Gasteiger partial charge >= 0.3 is 0 Å². The second kappa shape index (κ2) is 7.56. The summed E-state index contributed by atoms with van der Waals surface area (Å²) in [7, 11) is -3.67. The minimum atomic E-state index is -3.67. The van der Waals surface area contributed by atoms with Crippen LogP contribution in [0, 0.1) is 19.8 Å². The van der Waals surface area contributed by atoms with E-state index in [9.17, 15) is 13.2 Å². The van der Waals surface area contributed by atoms with E-state index in [1.54, 1.807) is 13.8 Å².